The molecule has 1 aliphatic heterocycles. The normalized spacial score (nSPS) is 35.6. The van der Waals surface area contributed by atoms with Gasteiger partial charge >= 0.3 is 18.2 Å². The molecule has 1 unspecified atom stereocenters. The van der Waals surface area contributed by atoms with Crippen LogP contribution in [0.2, 0.25) is 0 Å². The first kappa shape index (κ1) is 14.0. The van der Waals surface area contributed by atoms with Gasteiger partial charge in [-0.1, -0.05) is 0 Å². The molecule has 2 fully saturated rings. The average Bonchev–Trinajstić information content (AvgIpc) is 2.72. The number of carboxylic acid groups (broad SMARTS) is 1. The Balaban J connectivity index is 2.07. The van der Waals surface area contributed by atoms with E-state index in [9.17, 15) is 27.9 Å². The number of carboxylic acids is 1. The molecule has 1 saturated heterocycles. The number of carbonyl (C=O) groups is 2. The molecule has 5 nitrogen and oxygen atoms in total. The highest BCUT2D eigenvalue weighted by Crippen LogP contribution is 2.43. The molecule has 0 radical (unpaired) electrons. The average molecular weight is 280 g/mol. The van der Waals surface area contributed by atoms with Crippen LogP contribution < -0.4 is 10.6 Å². The van der Waals surface area contributed by atoms with Gasteiger partial charge in [-0.2, -0.15) is 13.2 Å². The molecule has 1 atom stereocenters. The molecule has 2 amide bonds. The van der Waals surface area contributed by atoms with E-state index in [0.29, 0.717) is 0 Å². The highest BCUT2D eigenvalue weighted by atomic mass is 19.4. The van der Waals surface area contributed by atoms with Crippen LogP contribution in [0.3, 0.4) is 0 Å². The standard InChI is InChI=1S/C11H15F3N2O3/c12-11(13,14)7-3-1-6(2-4-7)10(8(17)18)5-15-9(19)16-10/h6-7H,1-5H2,(H,17,18)(H2,15,16,19). The van der Waals surface area contributed by atoms with E-state index in [4.69, 9.17) is 0 Å². The van der Waals surface area contributed by atoms with Gasteiger partial charge in [0.2, 0.25) is 0 Å². The number of rotatable bonds is 2. The number of halogens is 3. The largest absolute Gasteiger partial charge is 0.479 e. The Morgan fingerprint density at radius 2 is 1.84 bits per heavy atom. The number of hydrogen-bond acceptors (Lipinski definition) is 2. The Morgan fingerprint density at radius 1 is 1.26 bits per heavy atom. The van der Waals surface area contributed by atoms with Crippen molar-refractivity contribution in [2.45, 2.75) is 37.4 Å². The van der Waals surface area contributed by atoms with E-state index in [1.54, 1.807) is 0 Å². The maximum Gasteiger partial charge on any atom is 0.391 e. The van der Waals surface area contributed by atoms with Crippen molar-refractivity contribution in [3.63, 3.8) is 0 Å². The summed E-state index contributed by atoms with van der Waals surface area (Å²) in [5.41, 5.74) is -1.46. The molecular formula is C11H15F3N2O3. The number of urea groups is 1. The molecule has 8 heteroatoms. The summed E-state index contributed by atoms with van der Waals surface area (Å²) in [6.07, 6.45) is -4.09. The van der Waals surface area contributed by atoms with Crippen LogP contribution >= 0.6 is 0 Å². The summed E-state index contributed by atoms with van der Waals surface area (Å²) >= 11 is 0. The van der Waals surface area contributed by atoms with Gasteiger partial charge in [-0.3, -0.25) is 0 Å². The van der Waals surface area contributed by atoms with Gasteiger partial charge in [0.25, 0.3) is 0 Å². The van der Waals surface area contributed by atoms with Gasteiger partial charge in [-0.05, 0) is 31.6 Å². The predicted octanol–water partition coefficient (Wildman–Crippen LogP) is 1.49. The van der Waals surface area contributed by atoms with Crippen molar-refractivity contribution in [3.8, 4) is 0 Å². The minimum Gasteiger partial charge on any atom is -0.479 e. The summed E-state index contributed by atoms with van der Waals surface area (Å²) in [6.45, 7) is -0.0808. The summed E-state index contributed by atoms with van der Waals surface area (Å²) in [7, 11) is 0. The van der Waals surface area contributed by atoms with Gasteiger partial charge in [0.05, 0.1) is 12.5 Å². The number of hydrogen-bond donors (Lipinski definition) is 3. The summed E-state index contributed by atoms with van der Waals surface area (Å²) in [6, 6.07) is -0.583. The SMILES string of the molecule is O=C1NCC(C(=O)O)(C2CCC(C(F)(F)F)CC2)N1. The van der Waals surface area contributed by atoms with Crippen LogP contribution in [0.5, 0.6) is 0 Å². The van der Waals surface area contributed by atoms with Gasteiger partial charge in [0.1, 0.15) is 0 Å². The maximum atomic E-state index is 12.6. The molecular weight excluding hydrogens is 265 g/mol. The second-order valence-electron chi connectivity index (χ2n) is 5.17. The van der Waals surface area contributed by atoms with E-state index < -0.39 is 35.6 Å². The van der Waals surface area contributed by atoms with Crippen molar-refractivity contribution in [2.75, 3.05) is 6.54 Å². The lowest BCUT2D eigenvalue weighted by Crippen LogP contribution is -2.57. The van der Waals surface area contributed by atoms with Crippen LogP contribution in [0.4, 0.5) is 18.0 Å². The monoisotopic (exact) mass is 280 g/mol. The Hall–Kier alpha value is -1.47. The lowest BCUT2D eigenvalue weighted by Gasteiger charge is -2.38. The molecule has 1 aliphatic carbocycles. The highest BCUT2D eigenvalue weighted by molar-refractivity contribution is 5.90. The van der Waals surface area contributed by atoms with Gasteiger partial charge in [0, 0.05) is 0 Å². The van der Waals surface area contributed by atoms with Crippen LogP contribution in [-0.4, -0.2) is 35.4 Å². The zero-order chi connectivity index (χ0) is 14.3. The summed E-state index contributed by atoms with van der Waals surface area (Å²) in [5, 5.41) is 14.0. The fourth-order valence-corrected chi connectivity index (χ4v) is 2.97. The van der Waals surface area contributed by atoms with E-state index in [1.807, 2.05) is 0 Å². The van der Waals surface area contributed by atoms with Gasteiger partial charge in [-0.25, -0.2) is 9.59 Å². The second kappa shape index (κ2) is 4.57. The number of carbonyl (C=O) groups excluding carboxylic acids is 1. The third-order valence-electron chi connectivity index (χ3n) is 4.13. The first-order valence-electron chi connectivity index (χ1n) is 6.12. The second-order valence-corrected chi connectivity index (χ2v) is 5.17. The molecule has 0 bridgehead atoms. The molecule has 0 spiro atoms. The molecule has 3 N–H and O–H groups in total. The molecule has 0 aromatic rings. The van der Waals surface area contributed by atoms with Crippen LogP contribution in [-0.2, 0) is 4.79 Å². The maximum absolute atomic E-state index is 12.6. The van der Waals surface area contributed by atoms with Crippen LogP contribution in [0.1, 0.15) is 25.7 Å². The van der Waals surface area contributed by atoms with E-state index >= 15 is 0 Å². The summed E-state index contributed by atoms with van der Waals surface area (Å²) in [4.78, 5) is 22.5. The minimum absolute atomic E-state index is 0.0808. The lowest BCUT2D eigenvalue weighted by molar-refractivity contribution is -0.185. The Bertz CT molecular complexity index is 391. The summed E-state index contributed by atoms with van der Waals surface area (Å²) in [5.74, 6) is -3.02. The minimum atomic E-state index is -4.22. The van der Waals surface area contributed by atoms with Crippen molar-refractivity contribution in [3.05, 3.63) is 0 Å². The van der Waals surface area contributed by atoms with Crippen molar-refractivity contribution in [1.82, 2.24) is 10.6 Å². The number of amides is 2. The van der Waals surface area contributed by atoms with Crippen LogP contribution in [0.25, 0.3) is 0 Å². The number of aliphatic carboxylic acids is 1. The molecule has 0 aromatic heterocycles. The van der Waals surface area contributed by atoms with Gasteiger partial charge in [-0.15, -0.1) is 0 Å². The Morgan fingerprint density at radius 3 is 2.21 bits per heavy atom. The zero-order valence-electron chi connectivity index (χ0n) is 10.1. The van der Waals surface area contributed by atoms with Crippen molar-refractivity contribution < 1.29 is 27.9 Å². The highest BCUT2D eigenvalue weighted by Gasteiger charge is 2.53. The number of alkyl halides is 3. The van der Waals surface area contributed by atoms with Crippen LogP contribution in [0, 0.1) is 11.8 Å². The van der Waals surface area contributed by atoms with Crippen molar-refractivity contribution >= 4 is 12.0 Å². The van der Waals surface area contributed by atoms with Gasteiger partial charge in [0.15, 0.2) is 5.54 Å². The Labute approximate surface area is 107 Å². The molecule has 1 heterocycles. The first-order valence-corrected chi connectivity index (χ1v) is 6.12. The third kappa shape index (κ3) is 2.48. The molecule has 2 aliphatic rings. The third-order valence-corrected chi connectivity index (χ3v) is 4.13. The van der Waals surface area contributed by atoms with E-state index in [-0.39, 0.29) is 32.2 Å². The van der Waals surface area contributed by atoms with Gasteiger partial charge < -0.3 is 15.7 Å². The van der Waals surface area contributed by atoms with E-state index in [0.717, 1.165) is 0 Å². The predicted molar refractivity (Wildman–Crippen MR) is 58.4 cm³/mol. The molecule has 1 saturated carbocycles. The zero-order valence-corrected chi connectivity index (χ0v) is 10.1. The molecule has 108 valence electrons. The molecule has 0 aromatic carbocycles. The van der Waals surface area contributed by atoms with Crippen molar-refractivity contribution in [1.29, 1.82) is 0 Å². The fourth-order valence-electron chi connectivity index (χ4n) is 2.97. The molecule has 2 rings (SSSR count). The fraction of sp³-hybridized carbons (Fsp3) is 0.818. The van der Waals surface area contributed by atoms with E-state index in [1.165, 1.54) is 0 Å². The Kier molecular flexibility index (Phi) is 3.36. The van der Waals surface area contributed by atoms with Crippen molar-refractivity contribution in [2.24, 2.45) is 11.8 Å². The van der Waals surface area contributed by atoms with Crippen LogP contribution in [0.15, 0.2) is 0 Å². The smallest absolute Gasteiger partial charge is 0.391 e. The number of nitrogens with one attached hydrogen (secondary N) is 2. The molecule has 19 heavy (non-hydrogen) atoms. The van der Waals surface area contributed by atoms with E-state index in [2.05, 4.69) is 10.6 Å². The summed E-state index contributed by atoms with van der Waals surface area (Å²) < 4.78 is 37.7. The quantitative estimate of drug-likeness (QED) is 0.717. The topological polar surface area (TPSA) is 78.4 Å². The first-order chi connectivity index (χ1) is 8.75. The lowest BCUT2D eigenvalue weighted by atomic mass is 9.71.